The third-order valence-electron chi connectivity index (χ3n) is 2.87. The minimum atomic E-state index is -3.64. The van der Waals surface area contributed by atoms with Gasteiger partial charge >= 0.3 is 0 Å². The van der Waals surface area contributed by atoms with Crippen molar-refractivity contribution in [1.29, 1.82) is 0 Å². The van der Waals surface area contributed by atoms with Crippen LogP contribution >= 0.6 is 22.9 Å². The zero-order chi connectivity index (χ0) is 17.9. The maximum atomic E-state index is 12.3. The Balaban J connectivity index is 2.23. The molecule has 2 heterocycles. The van der Waals surface area contributed by atoms with Crippen LogP contribution in [-0.2, 0) is 16.3 Å². The highest BCUT2D eigenvalue weighted by Gasteiger charge is 2.21. The van der Waals surface area contributed by atoms with Gasteiger partial charge in [0.05, 0.1) is 17.0 Å². The normalized spacial score (nSPS) is 11.7. The Hall–Kier alpha value is -1.65. The summed E-state index contributed by atoms with van der Waals surface area (Å²) in [4.78, 5) is 19.7. The van der Waals surface area contributed by atoms with Crippen LogP contribution in [0, 0.1) is 5.92 Å². The van der Waals surface area contributed by atoms with Crippen molar-refractivity contribution in [3.8, 4) is 0 Å². The summed E-state index contributed by atoms with van der Waals surface area (Å²) in [6, 6.07) is 0. The Morgan fingerprint density at radius 2 is 2.08 bits per heavy atom. The summed E-state index contributed by atoms with van der Waals surface area (Å²) >= 11 is 7.16. The van der Waals surface area contributed by atoms with Crippen LogP contribution in [0.2, 0.25) is 5.02 Å². The largest absolute Gasteiger partial charge is 0.295 e. The second-order valence-electron chi connectivity index (χ2n) is 5.31. The molecule has 2 rings (SSSR count). The van der Waals surface area contributed by atoms with Gasteiger partial charge in [-0.15, -0.1) is 10.2 Å². The third kappa shape index (κ3) is 4.46. The van der Waals surface area contributed by atoms with Gasteiger partial charge in [0.2, 0.25) is 20.1 Å². The molecule has 0 aliphatic rings. The molecule has 0 aromatic carbocycles. The summed E-state index contributed by atoms with van der Waals surface area (Å²) in [5.74, 6) is -0.424. The molecule has 0 aliphatic heterocycles. The van der Waals surface area contributed by atoms with E-state index in [1.54, 1.807) is 0 Å². The summed E-state index contributed by atoms with van der Waals surface area (Å²) in [7, 11) is -3.64. The molecular formula is C13H16ClN5O3S2. The van der Waals surface area contributed by atoms with Crippen molar-refractivity contribution < 1.29 is 13.2 Å². The molecule has 8 nitrogen and oxygen atoms in total. The number of aromatic nitrogens is 4. The molecule has 0 unspecified atom stereocenters. The lowest BCUT2D eigenvalue weighted by Gasteiger charge is -2.05. The van der Waals surface area contributed by atoms with E-state index in [1.165, 1.54) is 18.3 Å². The molecule has 0 bridgehead atoms. The average Bonchev–Trinajstić information content (AvgIpc) is 2.93. The fraction of sp³-hybridized carbons (Fsp3) is 0.462. The molecule has 0 aliphatic carbocycles. The van der Waals surface area contributed by atoms with Gasteiger partial charge in [-0.3, -0.25) is 10.1 Å². The highest BCUT2D eigenvalue weighted by atomic mass is 35.5. The van der Waals surface area contributed by atoms with Crippen molar-refractivity contribution in [1.82, 2.24) is 20.2 Å². The van der Waals surface area contributed by atoms with E-state index in [2.05, 4.69) is 39.3 Å². The molecular weight excluding hydrogens is 374 g/mol. The van der Waals surface area contributed by atoms with Crippen LogP contribution in [0.5, 0.6) is 0 Å². The molecule has 24 heavy (non-hydrogen) atoms. The average molecular weight is 390 g/mol. The molecule has 130 valence electrons. The molecule has 2 aromatic rings. The first-order valence-corrected chi connectivity index (χ1v) is 9.96. The molecule has 2 aromatic heterocycles. The highest BCUT2D eigenvalue weighted by molar-refractivity contribution is 7.91. The molecule has 0 saturated heterocycles. The van der Waals surface area contributed by atoms with Gasteiger partial charge in [0, 0.05) is 6.42 Å². The number of nitrogens with one attached hydrogen (secondary N) is 1. The number of hydrogen-bond donors (Lipinski definition) is 1. The van der Waals surface area contributed by atoms with E-state index in [1.807, 2.05) is 0 Å². The van der Waals surface area contributed by atoms with E-state index in [0.29, 0.717) is 11.0 Å². The minimum absolute atomic E-state index is 0.0468. The van der Waals surface area contributed by atoms with Crippen molar-refractivity contribution in [3.05, 3.63) is 21.9 Å². The topological polar surface area (TPSA) is 115 Å². The van der Waals surface area contributed by atoms with E-state index in [-0.39, 0.29) is 16.5 Å². The van der Waals surface area contributed by atoms with Crippen molar-refractivity contribution in [2.24, 2.45) is 5.92 Å². The minimum Gasteiger partial charge on any atom is -0.295 e. The Morgan fingerprint density at radius 1 is 1.38 bits per heavy atom. The second kappa shape index (κ2) is 7.49. The Kier molecular flexibility index (Phi) is 5.83. The lowest BCUT2D eigenvalue weighted by atomic mass is 10.1. The van der Waals surface area contributed by atoms with E-state index in [0.717, 1.165) is 17.6 Å². The molecule has 1 N–H and O–H groups in total. The fourth-order valence-corrected chi connectivity index (χ4v) is 3.51. The highest BCUT2D eigenvalue weighted by Crippen LogP contribution is 2.21. The maximum absolute atomic E-state index is 12.3. The standard InChI is InChI=1S/C13H16ClN5O3S2/c1-4-24(21,22)13-15-6-8(14)10(16-13)11(20)17-12-19-18-9(23-12)5-7(2)3/h6-7H,4-5H2,1-3H3,(H,17,19,20). The zero-order valence-corrected chi connectivity index (χ0v) is 15.7. The van der Waals surface area contributed by atoms with Gasteiger partial charge in [0.15, 0.2) is 5.69 Å². The lowest BCUT2D eigenvalue weighted by Crippen LogP contribution is -2.18. The fourth-order valence-electron chi connectivity index (χ4n) is 1.68. The summed E-state index contributed by atoms with van der Waals surface area (Å²) in [5, 5.41) is 11.0. The number of sulfone groups is 1. The Morgan fingerprint density at radius 3 is 2.71 bits per heavy atom. The van der Waals surface area contributed by atoms with Crippen LogP contribution in [0.4, 0.5) is 5.13 Å². The SMILES string of the molecule is CCS(=O)(=O)c1ncc(Cl)c(C(=O)Nc2nnc(CC(C)C)s2)n1. The van der Waals surface area contributed by atoms with Gasteiger partial charge in [-0.25, -0.2) is 18.4 Å². The molecule has 0 saturated carbocycles. The van der Waals surface area contributed by atoms with E-state index in [9.17, 15) is 13.2 Å². The number of hydrogen-bond acceptors (Lipinski definition) is 8. The quantitative estimate of drug-likeness (QED) is 0.753. The summed E-state index contributed by atoms with van der Waals surface area (Å²) in [6.07, 6.45) is 1.84. The number of amides is 1. The summed E-state index contributed by atoms with van der Waals surface area (Å²) in [5.41, 5.74) is -0.223. The third-order valence-corrected chi connectivity index (χ3v) is 5.52. The lowest BCUT2D eigenvalue weighted by molar-refractivity contribution is 0.102. The smallest absolute Gasteiger partial charge is 0.277 e. The van der Waals surface area contributed by atoms with Crippen LogP contribution < -0.4 is 5.32 Å². The predicted molar refractivity (Wildman–Crippen MR) is 91.2 cm³/mol. The molecule has 0 radical (unpaired) electrons. The van der Waals surface area contributed by atoms with Gasteiger partial charge in [-0.05, 0) is 5.92 Å². The number of nitrogens with zero attached hydrogens (tertiary/aromatic N) is 4. The first-order valence-electron chi connectivity index (χ1n) is 7.12. The summed E-state index contributed by atoms with van der Waals surface area (Å²) < 4.78 is 23.7. The van der Waals surface area contributed by atoms with Crippen LogP contribution in [0.1, 0.15) is 36.3 Å². The predicted octanol–water partition coefficient (Wildman–Crippen LogP) is 2.23. The van der Waals surface area contributed by atoms with E-state index < -0.39 is 20.9 Å². The van der Waals surface area contributed by atoms with Crippen molar-refractivity contribution in [3.63, 3.8) is 0 Å². The maximum Gasteiger partial charge on any atom is 0.277 e. The monoisotopic (exact) mass is 389 g/mol. The first kappa shape index (κ1) is 18.7. The van der Waals surface area contributed by atoms with Gasteiger partial charge < -0.3 is 0 Å². The van der Waals surface area contributed by atoms with Crippen LogP contribution in [0.3, 0.4) is 0 Å². The molecule has 0 spiro atoms. The molecule has 0 fully saturated rings. The van der Waals surface area contributed by atoms with Gasteiger partial charge in [-0.1, -0.05) is 43.7 Å². The van der Waals surface area contributed by atoms with E-state index in [4.69, 9.17) is 11.6 Å². The number of halogens is 1. The van der Waals surface area contributed by atoms with Crippen molar-refractivity contribution in [2.75, 3.05) is 11.1 Å². The summed E-state index contributed by atoms with van der Waals surface area (Å²) in [6.45, 7) is 5.57. The van der Waals surface area contributed by atoms with Crippen molar-refractivity contribution in [2.45, 2.75) is 32.3 Å². The molecule has 1 amide bonds. The van der Waals surface area contributed by atoms with Crippen LogP contribution in [0.25, 0.3) is 0 Å². The molecule has 0 atom stereocenters. The van der Waals surface area contributed by atoms with Crippen molar-refractivity contribution >= 4 is 43.8 Å². The number of anilines is 1. The Bertz CT molecular complexity index is 851. The number of rotatable bonds is 6. The van der Waals surface area contributed by atoms with Gasteiger partial charge in [0.25, 0.3) is 5.91 Å². The zero-order valence-electron chi connectivity index (χ0n) is 13.3. The molecule has 11 heteroatoms. The van der Waals surface area contributed by atoms with Gasteiger partial charge in [0.1, 0.15) is 5.01 Å². The van der Waals surface area contributed by atoms with Crippen LogP contribution in [-0.4, -0.2) is 40.2 Å². The Labute approximate surface area is 148 Å². The second-order valence-corrected chi connectivity index (χ2v) is 8.95. The van der Waals surface area contributed by atoms with E-state index >= 15 is 0 Å². The van der Waals surface area contributed by atoms with Gasteiger partial charge in [-0.2, -0.15) is 0 Å². The number of carbonyl (C=O) groups is 1. The first-order chi connectivity index (χ1) is 11.2. The number of carbonyl (C=O) groups excluding carboxylic acids is 1. The van der Waals surface area contributed by atoms with Crippen LogP contribution in [0.15, 0.2) is 11.4 Å².